The van der Waals surface area contributed by atoms with Gasteiger partial charge in [0.25, 0.3) is 0 Å². The fraction of sp³-hybridized carbons (Fsp3) is 0.458. The van der Waals surface area contributed by atoms with Gasteiger partial charge >= 0.3 is 0 Å². The van der Waals surface area contributed by atoms with Crippen LogP contribution < -0.4 is 29.6 Å². The standard InChI is InChI=1S/C24H29N3O5/c1-25-23(27-18-4-6-19-22(14-18)30-10-2-9-29-19)26-15-24(7-11-28-12-8-24)17-3-5-20-21(13-17)32-16-31-20/h3-6,13-14H,2,7-12,15-16H2,1H3,(H2,25,26,27). The van der Waals surface area contributed by atoms with E-state index in [1.165, 1.54) is 5.56 Å². The number of hydrogen-bond acceptors (Lipinski definition) is 6. The quantitative estimate of drug-likeness (QED) is 0.559. The third-order valence-electron chi connectivity index (χ3n) is 6.26. The van der Waals surface area contributed by atoms with Crippen LogP contribution in [-0.2, 0) is 10.2 Å². The Bertz CT molecular complexity index is 988. The molecule has 8 heteroatoms. The molecule has 5 rings (SSSR count). The molecule has 1 saturated heterocycles. The van der Waals surface area contributed by atoms with Gasteiger partial charge in [0, 0.05) is 50.4 Å². The third kappa shape index (κ3) is 4.27. The number of anilines is 1. The molecule has 0 atom stereocenters. The third-order valence-corrected chi connectivity index (χ3v) is 6.26. The number of ether oxygens (including phenoxy) is 5. The van der Waals surface area contributed by atoms with Crippen molar-refractivity contribution in [1.82, 2.24) is 5.32 Å². The number of rotatable bonds is 4. The molecule has 0 amide bonds. The summed E-state index contributed by atoms with van der Waals surface area (Å²) in [6, 6.07) is 12.1. The highest BCUT2D eigenvalue weighted by molar-refractivity contribution is 5.94. The average molecular weight is 440 g/mol. The van der Waals surface area contributed by atoms with Crippen LogP contribution in [0.1, 0.15) is 24.8 Å². The molecule has 2 N–H and O–H groups in total. The van der Waals surface area contributed by atoms with Crippen LogP contribution >= 0.6 is 0 Å². The normalized spacial score (nSPS) is 19.2. The largest absolute Gasteiger partial charge is 0.490 e. The smallest absolute Gasteiger partial charge is 0.231 e. The van der Waals surface area contributed by atoms with Gasteiger partial charge in [-0.05, 0) is 42.7 Å². The first kappa shape index (κ1) is 20.8. The second-order valence-corrected chi connectivity index (χ2v) is 8.22. The molecule has 1 fully saturated rings. The lowest BCUT2D eigenvalue weighted by Gasteiger charge is -2.38. The minimum Gasteiger partial charge on any atom is -0.490 e. The number of hydrogen-bond donors (Lipinski definition) is 2. The molecule has 2 aromatic rings. The van der Waals surface area contributed by atoms with Gasteiger partial charge in [0.15, 0.2) is 29.0 Å². The van der Waals surface area contributed by atoms with Gasteiger partial charge in [0.05, 0.1) is 13.2 Å². The molecule has 32 heavy (non-hydrogen) atoms. The van der Waals surface area contributed by atoms with Crippen LogP contribution in [0.2, 0.25) is 0 Å². The summed E-state index contributed by atoms with van der Waals surface area (Å²) in [5, 5.41) is 6.90. The lowest BCUT2D eigenvalue weighted by atomic mass is 9.74. The molecular weight excluding hydrogens is 410 g/mol. The summed E-state index contributed by atoms with van der Waals surface area (Å²) in [5.41, 5.74) is 2.04. The highest BCUT2D eigenvalue weighted by Crippen LogP contribution is 2.40. The van der Waals surface area contributed by atoms with Crippen molar-refractivity contribution in [3.8, 4) is 23.0 Å². The minimum atomic E-state index is -0.0818. The maximum Gasteiger partial charge on any atom is 0.231 e. The van der Waals surface area contributed by atoms with Crippen molar-refractivity contribution in [2.45, 2.75) is 24.7 Å². The first-order valence-electron chi connectivity index (χ1n) is 11.1. The zero-order valence-corrected chi connectivity index (χ0v) is 18.3. The van der Waals surface area contributed by atoms with Gasteiger partial charge in [0.1, 0.15) is 0 Å². The van der Waals surface area contributed by atoms with Crippen LogP contribution in [0.25, 0.3) is 0 Å². The van der Waals surface area contributed by atoms with Gasteiger partial charge in [-0.25, -0.2) is 0 Å². The van der Waals surface area contributed by atoms with Crippen molar-refractivity contribution in [3.05, 3.63) is 42.0 Å². The van der Waals surface area contributed by atoms with E-state index in [0.717, 1.165) is 67.7 Å². The van der Waals surface area contributed by atoms with Gasteiger partial charge in [0.2, 0.25) is 6.79 Å². The predicted molar refractivity (Wildman–Crippen MR) is 121 cm³/mol. The van der Waals surface area contributed by atoms with Gasteiger partial charge in [-0.15, -0.1) is 0 Å². The molecule has 2 aromatic carbocycles. The van der Waals surface area contributed by atoms with Crippen molar-refractivity contribution in [1.29, 1.82) is 0 Å². The lowest BCUT2D eigenvalue weighted by molar-refractivity contribution is 0.0514. The molecule has 0 bridgehead atoms. The fourth-order valence-electron chi connectivity index (χ4n) is 4.37. The second kappa shape index (κ2) is 9.16. The maximum absolute atomic E-state index is 5.81. The van der Waals surface area contributed by atoms with Gasteiger partial charge in [-0.3, -0.25) is 4.99 Å². The molecule has 0 aliphatic carbocycles. The van der Waals surface area contributed by atoms with E-state index >= 15 is 0 Å². The molecule has 170 valence electrons. The molecule has 0 unspecified atom stereocenters. The van der Waals surface area contributed by atoms with Crippen molar-refractivity contribution >= 4 is 11.6 Å². The SMILES string of the molecule is CN=C(NCC1(c2ccc3c(c2)OCO3)CCOCC1)Nc1ccc2c(c1)OCCCO2. The number of fused-ring (bicyclic) bond motifs is 2. The molecule has 0 spiro atoms. The molecule has 3 aliphatic rings. The van der Waals surface area contributed by atoms with E-state index in [-0.39, 0.29) is 12.2 Å². The molecular formula is C24H29N3O5. The van der Waals surface area contributed by atoms with Crippen molar-refractivity contribution < 1.29 is 23.7 Å². The zero-order valence-electron chi connectivity index (χ0n) is 18.3. The summed E-state index contributed by atoms with van der Waals surface area (Å²) in [6.45, 7) is 3.78. The van der Waals surface area contributed by atoms with Crippen LogP contribution in [-0.4, -0.2) is 52.8 Å². The molecule has 0 aromatic heterocycles. The van der Waals surface area contributed by atoms with Gasteiger partial charge in [-0.1, -0.05) is 6.07 Å². The van der Waals surface area contributed by atoms with Crippen molar-refractivity contribution in [2.24, 2.45) is 4.99 Å². The predicted octanol–water partition coefficient (Wildman–Crippen LogP) is 3.31. The Morgan fingerprint density at radius 3 is 2.44 bits per heavy atom. The molecule has 0 radical (unpaired) electrons. The summed E-state index contributed by atoms with van der Waals surface area (Å²) < 4.78 is 28.3. The van der Waals surface area contributed by atoms with Crippen LogP contribution in [0.5, 0.6) is 23.0 Å². The van der Waals surface area contributed by atoms with Crippen LogP contribution in [0.15, 0.2) is 41.4 Å². The Morgan fingerprint density at radius 1 is 0.875 bits per heavy atom. The van der Waals surface area contributed by atoms with Gasteiger partial charge in [-0.2, -0.15) is 0 Å². The highest BCUT2D eigenvalue weighted by Gasteiger charge is 2.36. The summed E-state index contributed by atoms with van der Waals surface area (Å²) in [7, 11) is 1.77. The summed E-state index contributed by atoms with van der Waals surface area (Å²) in [6.07, 6.45) is 2.72. The number of benzene rings is 2. The van der Waals surface area contributed by atoms with E-state index in [0.29, 0.717) is 19.2 Å². The van der Waals surface area contributed by atoms with Crippen molar-refractivity contribution in [2.75, 3.05) is 52.1 Å². The van der Waals surface area contributed by atoms with E-state index < -0.39 is 0 Å². The Balaban J connectivity index is 1.31. The first-order valence-corrected chi connectivity index (χ1v) is 11.1. The number of nitrogens with zero attached hydrogens (tertiary/aromatic N) is 1. The molecule has 0 saturated carbocycles. The molecule has 3 aliphatic heterocycles. The molecule has 3 heterocycles. The maximum atomic E-state index is 5.81. The summed E-state index contributed by atoms with van der Waals surface area (Å²) in [4.78, 5) is 4.43. The number of guanidine groups is 1. The Hall–Kier alpha value is -3.13. The second-order valence-electron chi connectivity index (χ2n) is 8.22. The van der Waals surface area contributed by atoms with E-state index in [4.69, 9.17) is 23.7 Å². The number of aliphatic imine (C=N–C) groups is 1. The Labute approximate surface area is 187 Å². The zero-order chi connectivity index (χ0) is 21.8. The first-order chi connectivity index (χ1) is 15.8. The van der Waals surface area contributed by atoms with Gasteiger partial charge < -0.3 is 34.3 Å². The minimum absolute atomic E-state index is 0.0818. The summed E-state index contributed by atoms with van der Waals surface area (Å²) in [5.74, 6) is 3.84. The average Bonchev–Trinajstić information content (AvgIpc) is 3.19. The monoisotopic (exact) mass is 439 g/mol. The fourth-order valence-corrected chi connectivity index (χ4v) is 4.37. The van der Waals surface area contributed by atoms with E-state index in [9.17, 15) is 0 Å². The number of nitrogens with one attached hydrogen (secondary N) is 2. The lowest BCUT2D eigenvalue weighted by Crippen LogP contribution is -2.46. The van der Waals surface area contributed by atoms with Crippen LogP contribution in [0, 0.1) is 0 Å². The Kier molecular flexibility index (Phi) is 5.94. The van der Waals surface area contributed by atoms with Crippen LogP contribution in [0.4, 0.5) is 5.69 Å². The highest BCUT2D eigenvalue weighted by atomic mass is 16.7. The van der Waals surface area contributed by atoms with Crippen LogP contribution in [0.3, 0.4) is 0 Å². The van der Waals surface area contributed by atoms with E-state index in [2.05, 4.69) is 27.8 Å². The van der Waals surface area contributed by atoms with E-state index in [1.807, 2.05) is 24.3 Å². The Morgan fingerprint density at radius 2 is 1.59 bits per heavy atom. The summed E-state index contributed by atoms with van der Waals surface area (Å²) >= 11 is 0. The van der Waals surface area contributed by atoms with E-state index in [1.54, 1.807) is 7.05 Å². The van der Waals surface area contributed by atoms with Crippen molar-refractivity contribution in [3.63, 3.8) is 0 Å². The topological polar surface area (TPSA) is 82.6 Å². The molecule has 8 nitrogen and oxygen atoms in total.